The van der Waals surface area contributed by atoms with E-state index in [0.717, 1.165) is 11.0 Å². The van der Waals surface area contributed by atoms with Crippen molar-refractivity contribution in [3.63, 3.8) is 0 Å². The first kappa shape index (κ1) is 13.5. The van der Waals surface area contributed by atoms with Crippen LogP contribution in [-0.2, 0) is 0 Å². The fourth-order valence-corrected chi connectivity index (χ4v) is 1.78. The van der Waals surface area contributed by atoms with Crippen LogP contribution in [0.5, 0.6) is 5.88 Å². The molecule has 0 fully saturated rings. The maximum absolute atomic E-state index is 13.2. The summed E-state index contributed by atoms with van der Waals surface area (Å²) in [6, 6.07) is -0.371. The zero-order chi connectivity index (χ0) is 13.2. The second-order valence-electron chi connectivity index (χ2n) is 4.37. The molecule has 0 aromatic carbocycles. The third kappa shape index (κ3) is 2.75. The summed E-state index contributed by atoms with van der Waals surface area (Å²) in [5, 5.41) is 9.48. The molecule has 0 saturated heterocycles. The normalized spacial score (nSPS) is 14.6. The number of aromatic nitrogens is 2. The molecule has 6 heteroatoms. The Morgan fingerprint density at radius 3 is 2.53 bits per heavy atom. The van der Waals surface area contributed by atoms with E-state index in [1.54, 1.807) is 6.92 Å². The van der Waals surface area contributed by atoms with E-state index in [9.17, 15) is 19.1 Å². The van der Waals surface area contributed by atoms with Crippen molar-refractivity contribution < 1.29 is 9.50 Å². The Bertz CT molecular complexity index is 506. The summed E-state index contributed by atoms with van der Waals surface area (Å²) in [6.45, 7) is 5.71. The van der Waals surface area contributed by atoms with E-state index >= 15 is 0 Å². The van der Waals surface area contributed by atoms with Gasteiger partial charge in [0.1, 0.15) is 0 Å². The van der Waals surface area contributed by atoms with Gasteiger partial charge >= 0.3 is 5.69 Å². The Hall–Kier alpha value is -1.59. The average molecular weight is 244 g/mol. The minimum absolute atomic E-state index is 0.339. The minimum Gasteiger partial charge on any atom is -0.492 e. The predicted octanol–water partition coefficient (Wildman–Crippen LogP) is 1.38. The van der Waals surface area contributed by atoms with Gasteiger partial charge in [0, 0.05) is 6.04 Å². The molecule has 0 bridgehead atoms. The Morgan fingerprint density at radius 1 is 1.41 bits per heavy atom. The lowest BCUT2D eigenvalue weighted by Crippen LogP contribution is -2.34. The van der Waals surface area contributed by atoms with Crippen molar-refractivity contribution in [3.8, 4) is 5.88 Å². The predicted molar refractivity (Wildman–Crippen MR) is 61.7 cm³/mol. The van der Waals surface area contributed by atoms with Crippen molar-refractivity contribution in [2.45, 2.75) is 39.7 Å². The van der Waals surface area contributed by atoms with Crippen LogP contribution in [0, 0.1) is 11.7 Å². The zero-order valence-electron chi connectivity index (χ0n) is 10.2. The van der Waals surface area contributed by atoms with E-state index < -0.39 is 22.9 Å². The first-order valence-electron chi connectivity index (χ1n) is 5.61. The number of aromatic hydroxyl groups is 1. The zero-order valence-corrected chi connectivity index (χ0v) is 10.2. The number of H-pyrrole nitrogens is 1. The molecule has 1 aromatic rings. The molecule has 2 atom stereocenters. The Kier molecular flexibility index (Phi) is 4.09. The highest BCUT2D eigenvalue weighted by molar-refractivity contribution is 5.10. The molecule has 0 saturated carbocycles. The summed E-state index contributed by atoms with van der Waals surface area (Å²) < 4.78 is 14.1. The molecule has 0 amide bonds. The molecule has 0 radical (unpaired) electrons. The van der Waals surface area contributed by atoms with Crippen molar-refractivity contribution in [1.29, 1.82) is 0 Å². The van der Waals surface area contributed by atoms with Crippen LogP contribution in [0.4, 0.5) is 4.39 Å². The van der Waals surface area contributed by atoms with Crippen molar-refractivity contribution >= 4 is 0 Å². The number of aromatic amines is 1. The first-order chi connectivity index (χ1) is 7.88. The topological polar surface area (TPSA) is 75.1 Å². The number of nitrogens with zero attached hydrogens (tertiary/aromatic N) is 1. The van der Waals surface area contributed by atoms with Crippen LogP contribution in [0.15, 0.2) is 9.59 Å². The van der Waals surface area contributed by atoms with E-state index in [2.05, 4.69) is 0 Å². The summed E-state index contributed by atoms with van der Waals surface area (Å²) in [6.07, 6.45) is 1.54. The van der Waals surface area contributed by atoms with E-state index in [4.69, 9.17) is 0 Å². The van der Waals surface area contributed by atoms with E-state index in [1.807, 2.05) is 18.8 Å². The number of hydrogen-bond acceptors (Lipinski definition) is 3. The van der Waals surface area contributed by atoms with Crippen LogP contribution >= 0.6 is 0 Å². The van der Waals surface area contributed by atoms with Crippen LogP contribution in [0.1, 0.15) is 39.7 Å². The highest BCUT2D eigenvalue weighted by Crippen LogP contribution is 2.22. The molecule has 1 aromatic heterocycles. The number of rotatable bonds is 4. The molecule has 0 aliphatic rings. The third-order valence-electron chi connectivity index (χ3n) is 2.94. The largest absolute Gasteiger partial charge is 0.492 e. The lowest BCUT2D eigenvalue weighted by molar-refractivity contribution is 0.310. The van der Waals surface area contributed by atoms with Gasteiger partial charge in [0.15, 0.2) is 0 Å². The minimum atomic E-state index is -1.32. The summed E-state index contributed by atoms with van der Waals surface area (Å²) in [5.41, 5.74) is -1.98. The van der Waals surface area contributed by atoms with Gasteiger partial charge in [0.05, 0.1) is 0 Å². The molecule has 1 rings (SSSR count). The van der Waals surface area contributed by atoms with Gasteiger partial charge in [-0.3, -0.25) is 14.3 Å². The third-order valence-corrected chi connectivity index (χ3v) is 2.94. The monoisotopic (exact) mass is 244 g/mol. The molecule has 96 valence electrons. The Morgan fingerprint density at radius 2 is 2.00 bits per heavy atom. The second-order valence-corrected chi connectivity index (χ2v) is 4.37. The molecular weight excluding hydrogens is 227 g/mol. The molecule has 0 spiro atoms. The molecule has 0 aliphatic heterocycles. The highest BCUT2D eigenvalue weighted by Gasteiger charge is 2.19. The van der Waals surface area contributed by atoms with Gasteiger partial charge in [0.25, 0.3) is 5.56 Å². The van der Waals surface area contributed by atoms with Gasteiger partial charge < -0.3 is 5.11 Å². The van der Waals surface area contributed by atoms with Crippen molar-refractivity contribution in [2.75, 3.05) is 0 Å². The van der Waals surface area contributed by atoms with Crippen molar-refractivity contribution in [2.24, 2.45) is 5.92 Å². The number of hydrogen-bond donors (Lipinski definition) is 2. The molecule has 2 unspecified atom stereocenters. The summed E-state index contributed by atoms with van der Waals surface area (Å²) >= 11 is 0. The maximum Gasteiger partial charge on any atom is 0.331 e. The van der Waals surface area contributed by atoms with Crippen LogP contribution in [0.25, 0.3) is 0 Å². The summed E-state index contributed by atoms with van der Waals surface area (Å²) in [4.78, 5) is 24.3. The van der Waals surface area contributed by atoms with Crippen LogP contribution in [0.3, 0.4) is 0 Å². The number of halogens is 1. The van der Waals surface area contributed by atoms with Gasteiger partial charge in [-0.15, -0.1) is 0 Å². The van der Waals surface area contributed by atoms with Crippen molar-refractivity contribution in [3.05, 3.63) is 26.7 Å². The Labute approximate surface area is 97.9 Å². The SMILES string of the molecule is CCC(C)CC(C)n1c(O)c(F)c(=O)[nH]c1=O. The molecular formula is C11H17FN2O3. The summed E-state index contributed by atoms with van der Waals surface area (Å²) in [7, 11) is 0. The molecule has 2 N–H and O–H groups in total. The quantitative estimate of drug-likeness (QED) is 0.840. The highest BCUT2D eigenvalue weighted by atomic mass is 19.1. The van der Waals surface area contributed by atoms with Crippen LogP contribution in [-0.4, -0.2) is 14.7 Å². The average Bonchev–Trinajstić information content (AvgIpc) is 2.25. The smallest absolute Gasteiger partial charge is 0.331 e. The van der Waals surface area contributed by atoms with Gasteiger partial charge in [0.2, 0.25) is 11.7 Å². The van der Waals surface area contributed by atoms with Crippen LogP contribution in [0.2, 0.25) is 0 Å². The van der Waals surface area contributed by atoms with Gasteiger partial charge in [-0.1, -0.05) is 20.3 Å². The number of nitrogens with one attached hydrogen (secondary N) is 1. The fraction of sp³-hybridized carbons (Fsp3) is 0.636. The van der Waals surface area contributed by atoms with Gasteiger partial charge in [-0.2, -0.15) is 4.39 Å². The van der Waals surface area contributed by atoms with Crippen molar-refractivity contribution in [1.82, 2.24) is 9.55 Å². The first-order valence-corrected chi connectivity index (χ1v) is 5.61. The maximum atomic E-state index is 13.2. The van der Waals surface area contributed by atoms with Gasteiger partial charge in [-0.05, 0) is 19.3 Å². The van der Waals surface area contributed by atoms with E-state index in [0.29, 0.717) is 12.3 Å². The molecule has 17 heavy (non-hydrogen) atoms. The lowest BCUT2D eigenvalue weighted by Gasteiger charge is -2.19. The second kappa shape index (κ2) is 5.16. The molecule has 1 heterocycles. The van der Waals surface area contributed by atoms with E-state index in [-0.39, 0.29) is 6.04 Å². The summed E-state index contributed by atoms with van der Waals surface area (Å²) in [5.74, 6) is -1.87. The molecule has 5 nitrogen and oxygen atoms in total. The van der Waals surface area contributed by atoms with Gasteiger partial charge in [-0.25, -0.2) is 4.79 Å². The Balaban J connectivity index is 3.19. The standard InChI is InChI=1S/C11H17FN2O3/c1-4-6(2)5-7(3)14-10(16)8(12)9(15)13-11(14)17/h6-7,16H,4-5H2,1-3H3,(H,13,15,17). The lowest BCUT2D eigenvalue weighted by atomic mass is 10.0. The van der Waals surface area contributed by atoms with Crippen LogP contribution < -0.4 is 11.2 Å². The van der Waals surface area contributed by atoms with E-state index in [1.165, 1.54) is 0 Å². The molecule has 0 aliphatic carbocycles. The fourth-order valence-electron chi connectivity index (χ4n) is 1.78.